The molecule has 1 fully saturated rings. The van der Waals surface area contributed by atoms with Crippen molar-refractivity contribution in [2.75, 3.05) is 18.0 Å². The molecule has 0 spiro atoms. The SMILES string of the molecule is CCN(CCC1(N)CCC1)c1ccccc1C. The fraction of sp³-hybridized carbons (Fsp3) is 0.600. The van der Waals surface area contributed by atoms with E-state index in [1.807, 2.05) is 0 Å². The Labute approximate surface area is 105 Å². The molecule has 0 unspecified atom stereocenters. The molecule has 0 bridgehead atoms. The van der Waals surface area contributed by atoms with E-state index in [1.54, 1.807) is 0 Å². The van der Waals surface area contributed by atoms with Gasteiger partial charge < -0.3 is 10.6 Å². The summed E-state index contributed by atoms with van der Waals surface area (Å²) >= 11 is 0. The number of nitrogens with two attached hydrogens (primary N) is 1. The van der Waals surface area contributed by atoms with Crippen molar-refractivity contribution in [1.82, 2.24) is 0 Å². The molecule has 2 rings (SSSR count). The first-order valence-electron chi connectivity index (χ1n) is 6.74. The second-order valence-electron chi connectivity index (χ2n) is 5.33. The highest BCUT2D eigenvalue weighted by Crippen LogP contribution is 2.33. The van der Waals surface area contributed by atoms with Crippen molar-refractivity contribution < 1.29 is 0 Å². The van der Waals surface area contributed by atoms with Gasteiger partial charge in [0, 0.05) is 24.3 Å². The van der Waals surface area contributed by atoms with Crippen molar-refractivity contribution in [2.24, 2.45) is 5.73 Å². The van der Waals surface area contributed by atoms with Crippen LogP contribution in [0.5, 0.6) is 0 Å². The lowest BCUT2D eigenvalue weighted by atomic mass is 9.75. The lowest BCUT2D eigenvalue weighted by Gasteiger charge is -2.40. The summed E-state index contributed by atoms with van der Waals surface area (Å²) in [5.74, 6) is 0. The monoisotopic (exact) mass is 232 g/mol. The van der Waals surface area contributed by atoms with E-state index in [9.17, 15) is 0 Å². The summed E-state index contributed by atoms with van der Waals surface area (Å²) in [4.78, 5) is 2.45. The molecule has 0 aliphatic heterocycles. The summed E-state index contributed by atoms with van der Waals surface area (Å²) < 4.78 is 0. The highest BCUT2D eigenvalue weighted by molar-refractivity contribution is 5.52. The lowest BCUT2D eigenvalue weighted by molar-refractivity contribution is 0.234. The van der Waals surface area contributed by atoms with Gasteiger partial charge in [0.05, 0.1) is 0 Å². The molecule has 2 N–H and O–H groups in total. The van der Waals surface area contributed by atoms with Gasteiger partial charge in [0.25, 0.3) is 0 Å². The summed E-state index contributed by atoms with van der Waals surface area (Å²) in [6.45, 7) is 6.54. The lowest BCUT2D eigenvalue weighted by Crippen LogP contribution is -2.48. The number of rotatable bonds is 5. The van der Waals surface area contributed by atoms with Crippen LogP contribution >= 0.6 is 0 Å². The van der Waals surface area contributed by atoms with Crippen LogP contribution in [0.1, 0.15) is 38.2 Å². The van der Waals surface area contributed by atoms with Crippen LogP contribution in [0.2, 0.25) is 0 Å². The summed E-state index contributed by atoms with van der Waals surface area (Å²) in [7, 11) is 0. The number of anilines is 1. The third-order valence-electron chi connectivity index (χ3n) is 4.07. The first-order valence-corrected chi connectivity index (χ1v) is 6.74. The Morgan fingerprint density at radius 3 is 2.53 bits per heavy atom. The molecule has 1 saturated carbocycles. The molecule has 94 valence electrons. The minimum Gasteiger partial charge on any atom is -0.372 e. The molecular weight excluding hydrogens is 208 g/mol. The Bertz CT molecular complexity index is 369. The number of hydrogen-bond acceptors (Lipinski definition) is 2. The van der Waals surface area contributed by atoms with E-state index in [4.69, 9.17) is 5.73 Å². The molecule has 0 atom stereocenters. The van der Waals surface area contributed by atoms with Crippen molar-refractivity contribution in [3.63, 3.8) is 0 Å². The molecule has 1 aliphatic carbocycles. The van der Waals surface area contributed by atoms with Crippen LogP contribution in [0.4, 0.5) is 5.69 Å². The van der Waals surface area contributed by atoms with Gasteiger partial charge >= 0.3 is 0 Å². The maximum atomic E-state index is 6.30. The zero-order valence-electron chi connectivity index (χ0n) is 11.1. The van der Waals surface area contributed by atoms with Crippen molar-refractivity contribution in [1.29, 1.82) is 0 Å². The van der Waals surface area contributed by atoms with Gasteiger partial charge in [-0.05, 0) is 51.2 Å². The van der Waals surface area contributed by atoms with E-state index in [0.29, 0.717) is 0 Å². The minimum atomic E-state index is 0.135. The highest BCUT2D eigenvalue weighted by Gasteiger charge is 2.32. The highest BCUT2D eigenvalue weighted by atomic mass is 15.1. The molecular formula is C15H24N2. The normalized spacial score (nSPS) is 17.6. The second-order valence-corrected chi connectivity index (χ2v) is 5.33. The van der Waals surface area contributed by atoms with Gasteiger partial charge in [0.1, 0.15) is 0 Å². The van der Waals surface area contributed by atoms with Crippen molar-refractivity contribution >= 4 is 5.69 Å². The third-order valence-corrected chi connectivity index (χ3v) is 4.07. The van der Waals surface area contributed by atoms with Gasteiger partial charge in [-0.2, -0.15) is 0 Å². The van der Waals surface area contributed by atoms with Crippen LogP contribution in [0.25, 0.3) is 0 Å². The molecule has 0 heterocycles. The predicted octanol–water partition coefficient (Wildman–Crippen LogP) is 3.09. The van der Waals surface area contributed by atoms with E-state index >= 15 is 0 Å². The second kappa shape index (κ2) is 5.09. The van der Waals surface area contributed by atoms with Crippen LogP contribution in [0, 0.1) is 6.92 Å². The van der Waals surface area contributed by atoms with Crippen LogP contribution in [0.15, 0.2) is 24.3 Å². The molecule has 0 aromatic heterocycles. The average Bonchev–Trinajstić information content (AvgIpc) is 2.29. The van der Waals surface area contributed by atoms with E-state index in [2.05, 4.69) is 43.0 Å². The van der Waals surface area contributed by atoms with E-state index < -0.39 is 0 Å². The largest absolute Gasteiger partial charge is 0.372 e. The quantitative estimate of drug-likeness (QED) is 0.845. The Balaban J connectivity index is 1.99. The van der Waals surface area contributed by atoms with Gasteiger partial charge in [0.2, 0.25) is 0 Å². The molecule has 0 saturated heterocycles. The fourth-order valence-corrected chi connectivity index (χ4v) is 2.61. The van der Waals surface area contributed by atoms with E-state index in [0.717, 1.165) is 19.5 Å². The zero-order valence-corrected chi connectivity index (χ0v) is 11.1. The number of aryl methyl sites for hydroxylation is 1. The van der Waals surface area contributed by atoms with Gasteiger partial charge in [-0.15, -0.1) is 0 Å². The van der Waals surface area contributed by atoms with Crippen molar-refractivity contribution in [2.45, 2.75) is 45.1 Å². The Morgan fingerprint density at radius 2 is 2.00 bits per heavy atom. The van der Waals surface area contributed by atoms with E-state index in [1.165, 1.54) is 30.5 Å². The molecule has 1 aromatic rings. The Kier molecular flexibility index (Phi) is 3.72. The predicted molar refractivity (Wildman–Crippen MR) is 74.5 cm³/mol. The molecule has 1 aromatic carbocycles. The maximum absolute atomic E-state index is 6.30. The van der Waals surface area contributed by atoms with Gasteiger partial charge in [-0.25, -0.2) is 0 Å². The molecule has 1 aliphatic rings. The number of hydrogen-bond donors (Lipinski definition) is 1. The molecule has 17 heavy (non-hydrogen) atoms. The summed E-state index contributed by atoms with van der Waals surface area (Å²) in [6, 6.07) is 8.61. The first kappa shape index (κ1) is 12.4. The number of nitrogens with zero attached hydrogens (tertiary/aromatic N) is 1. The Morgan fingerprint density at radius 1 is 1.29 bits per heavy atom. The topological polar surface area (TPSA) is 29.3 Å². The van der Waals surface area contributed by atoms with Gasteiger partial charge in [-0.1, -0.05) is 18.2 Å². The summed E-state index contributed by atoms with van der Waals surface area (Å²) in [5.41, 5.74) is 9.15. The maximum Gasteiger partial charge on any atom is 0.0395 e. The molecule has 2 nitrogen and oxygen atoms in total. The van der Waals surface area contributed by atoms with Crippen LogP contribution in [-0.2, 0) is 0 Å². The van der Waals surface area contributed by atoms with Crippen LogP contribution in [-0.4, -0.2) is 18.6 Å². The molecule has 0 radical (unpaired) electrons. The Hall–Kier alpha value is -1.02. The summed E-state index contributed by atoms with van der Waals surface area (Å²) in [6.07, 6.45) is 4.85. The van der Waals surface area contributed by atoms with Crippen molar-refractivity contribution in [3.8, 4) is 0 Å². The van der Waals surface area contributed by atoms with Crippen molar-refractivity contribution in [3.05, 3.63) is 29.8 Å². The average molecular weight is 232 g/mol. The molecule has 0 amide bonds. The van der Waals surface area contributed by atoms with Gasteiger partial charge in [-0.3, -0.25) is 0 Å². The van der Waals surface area contributed by atoms with Crippen LogP contribution in [0.3, 0.4) is 0 Å². The summed E-state index contributed by atoms with van der Waals surface area (Å²) in [5, 5.41) is 0. The number of para-hydroxylation sites is 1. The zero-order chi connectivity index (χ0) is 12.3. The smallest absolute Gasteiger partial charge is 0.0395 e. The first-order chi connectivity index (χ1) is 8.14. The van der Waals surface area contributed by atoms with E-state index in [-0.39, 0.29) is 5.54 Å². The molecule has 2 heteroatoms. The number of benzene rings is 1. The third kappa shape index (κ3) is 2.81. The minimum absolute atomic E-state index is 0.135. The van der Waals surface area contributed by atoms with Crippen LogP contribution < -0.4 is 10.6 Å². The van der Waals surface area contributed by atoms with Gasteiger partial charge in [0.15, 0.2) is 0 Å². The standard InChI is InChI=1S/C15H24N2/c1-3-17(12-11-15(16)9-6-10-15)14-8-5-4-7-13(14)2/h4-5,7-8H,3,6,9-12,16H2,1-2H3. The fourth-order valence-electron chi connectivity index (χ4n) is 2.61.